The fourth-order valence-corrected chi connectivity index (χ4v) is 2.33. The number of aromatic nitrogens is 3. The van der Waals surface area contributed by atoms with E-state index >= 15 is 0 Å². The summed E-state index contributed by atoms with van der Waals surface area (Å²) in [4.78, 5) is 20.7. The highest BCUT2D eigenvalue weighted by Crippen LogP contribution is 2.24. The van der Waals surface area contributed by atoms with Crippen molar-refractivity contribution in [3.05, 3.63) is 28.7 Å². The molecule has 0 aliphatic carbocycles. The van der Waals surface area contributed by atoms with Gasteiger partial charge in [-0.25, -0.2) is 9.97 Å². The highest BCUT2D eigenvalue weighted by Gasteiger charge is 2.13. The number of aryl methyl sites for hydroxylation is 2. The van der Waals surface area contributed by atoms with Gasteiger partial charge in [-0.2, -0.15) is 0 Å². The molecule has 3 aromatic rings. The van der Waals surface area contributed by atoms with Crippen LogP contribution in [0.5, 0.6) is 0 Å². The summed E-state index contributed by atoms with van der Waals surface area (Å²) in [5.41, 5.74) is 1.55. The van der Waals surface area contributed by atoms with E-state index in [0.29, 0.717) is 16.5 Å². The Labute approximate surface area is 101 Å². The number of aldehydes is 1. The van der Waals surface area contributed by atoms with Crippen molar-refractivity contribution in [2.75, 3.05) is 0 Å². The summed E-state index contributed by atoms with van der Waals surface area (Å²) in [6, 6.07) is 0. The molecule has 0 spiro atoms. The van der Waals surface area contributed by atoms with Gasteiger partial charge >= 0.3 is 0 Å². The number of carbonyl (C=O) groups excluding carboxylic acids is 1. The van der Waals surface area contributed by atoms with Crippen LogP contribution in [0.3, 0.4) is 0 Å². The van der Waals surface area contributed by atoms with Crippen molar-refractivity contribution in [3.63, 3.8) is 0 Å². The van der Waals surface area contributed by atoms with Crippen molar-refractivity contribution in [3.8, 4) is 11.6 Å². The van der Waals surface area contributed by atoms with Crippen molar-refractivity contribution in [1.82, 2.24) is 14.4 Å². The lowest BCUT2D eigenvalue weighted by molar-refractivity contribution is 0.112. The summed E-state index contributed by atoms with van der Waals surface area (Å²) in [5.74, 6) is 1.31. The van der Waals surface area contributed by atoms with Crippen LogP contribution in [0.25, 0.3) is 16.5 Å². The number of fused-ring (bicyclic) bond motifs is 1. The third kappa shape index (κ3) is 1.57. The Balaban J connectivity index is 2.11. The van der Waals surface area contributed by atoms with Crippen LogP contribution in [0.2, 0.25) is 0 Å². The Morgan fingerprint density at radius 3 is 2.76 bits per heavy atom. The SMILES string of the molecule is Cc1nc(-c2cn3cc(C=O)sc3n2)oc1C. The molecule has 3 rings (SSSR count). The molecular weight excluding hydrogens is 238 g/mol. The third-order valence-corrected chi connectivity index (χ3v) is 3.46. The molecule has 0 amide bonds. The Hall–Kier alpha value is -1.95. The summed E-state index contributed by atoms with van der Waals surface area (Å²) in [6.45, 7) is 3.76. The summed E-state index contributed by atoms with van der Waals surface area (Å²) in [5, 5.41) is 0. The van der Waals surface area contributed by atoms with Gasteiger partial charge in [0.25, 0.3) is 0 Å². The Bertz CT molecular complexity index is 657. The van der Waals surface area contributed by atoms with Crippen LogP contribution >= 0.6 is 11.3 Å². The predicted octanol–water partition coefficient (Wildman–Crippen LogP) is 2.48. The minimum absolute atomic E-state index is 0.517. The zero-order chi connectivity index (χ0) is 12.0. The van der Waals surface area contributed by atoms with Crippen molar-refractivity contribution in [2.45, 2.75) is 13.8 Å². The smallest absolute Gasteiger partial charge is 0.247 e. The quantitative estimate of drug-likeness (QED) is 0.653. The molecule has 0 aromatic carbocycles. The Morgan fingerprint density at radius 2 is 2.18 bits per heavy atom. The normalized spacial score (nSPS) is 11.2. The van der Waals surface area contributed by atoms with Crippen LogP contribution in [0.4, 0.5) is 0 Å². The second kappa shape index (κ2) is 3.53. The van der Waals surface area contributed by atoms with Gasteiger partial charge in [-0.05, 0) is 13.8 Å². The maximum atomic E-state index is 10.6. The lowest BCUT2D eigenvalue weighted by atomic mass is 10.4. The van der Waals surface area contributed by atoms with Gasteiger partial charge in [-0.1, -0.05) is 11.3 Å². The molecule has 0 fully saturated rings. The molecule has 0 saturated carbocycles. The molecule has 0 aliphatic heterocycles. The van der Waals surface area contributed by atoms with Crippen LogP contribution in [-0.4, -0.2) is 20.7 Å². The topological polar surface area (TPSA) is 60.4 Å². The van der Waals surface area contributed by atoms with Crippen molar-refractivity contribution in [2.24, 2.45) is 0 Å². The molecule has 0 aliphatic rings. The van der Waals surface area contributed by atoms with Gasteiger partial charge in [-0.15, -0.1) is 0 Å². The summed E-state index contributed by atoms with van der Waals surface area (Å²) in [7, 11) is 0. The molecular formula is C11H9N3O2S. The van der Waals surface area contributed by atoms with E-state index in [1.807, 2.05) is 20.0 Å². The monoisotopic (exact) mass is 247 g/mol. The summed E-state index contributed by atoms with van der Waals surface area (Å²) < 4.78 is 7.31. The maximum Gasteiger partial charge on any atom is 0.247 e. The summed E-state index contributed by atoms with van der Waals surface area (Å²) in [6.07, 6.45) is 4.37. The molecule has 0 radical (unpaired) electrons. The predicted molar refractivity (Wildman–Crippen MR) is 63.4 cm³/mol. The van der Waals surface area contributed by atoms with E-state index in [4.69, 9.17) is 4.42 Å². The largest absolute Gasteiger partial charge is 0.440 e. The van der Waals surface area contributed by atoms with E-state index < -0.39 is 0 Å². The average molecular weight is 247 g/mol. The molecule has 0 unspecified atom stereocenters. The van der Waals surface area contributed by atoms with Gasteiger partial charge in [0.2, 0.25) is 5.89 Å². The van der Waals surface area contributed by atoms with Gasteiger partial charge in [-0.3, -0.25) is 9.20 Å². The van der Waals surface area contributed by atoms with Crippen LogP contribution in [0, 0.1) is 13.8 Å². The third-order valence-electron chi connectivity index (χ3n) is 2.54. The fraction of sp³-hybridized carbons (Fsp3) is 0.182. The molecule has 17 heavy (non-hydrogen) atoms. The highest BCUT2D eigenvalue weighted by atomic mass is 32.1. The first-order valence-electron chi connectivity index (χ1n) is 5.05. The van der Waals surface area contributed by atoms with Crippen molar-refractivity contribution in [1.29, 1.82) is 0 Å². The van der Waals surface area contributed by atoms with Gasteiger partial charge in [0.05, 0.1) is 10.6 Å². The van der Waals surface area contributed by atoms with Gasteiger partial charge in [0, 0.05) is 12.4 Å². The van der Waals surface area contributed by atoms with E-state index in [1.165, 1.54) is 11.3 Å². The summed E-state index contributed by atoms with van der Waals surface area (Å²) >= 11 is 1.34. The molecule has 0 N–H and O–H groups in total. The highest BCUT2D eigenvalue weighted by molar-refractivity contribution is 7.18. The minimum Gasteiger partial charge on any atom is -0.440 e. The fourth-order valence-electron chi connectivity index (χ4n) is 1.55. The number of hydrogen-bond acceptors (Lipinski definition) is 5. The molecule has 86 valence electrons. The maximum absolute atomic E-state index is 10.6. The first-order valence-corrected chi connectivity index (χ1v) is 5.87. The van der Waals surface area contributed by atoms with Crippen molar-refractivity contribution < 1.29 is 9.21 Å². The lowest BCUT2D eigenvalue weighted by Gasteiger charge is -1.85. The number of hydrogen-bond donors (Lipinski definition) is 0. The number of imidazole rings is 1. The second-order valence-electron chi connectivity index (χ2n) is 3.73. The average Bonchev–Trinajstić information content (AvgIpc) is 2.91. The first-order chi connectivity index (χ1) is 8.17. The number of thiazole rings is 1. The zero-order valence-corrected chi connectivity index (χ0v) is 10.1. The number of nitrogens with zero attached hydrogens (tertiary/aromatic N) is 3. The molecule has 5 nitrogen and oxygen atoms in total. The van der Waals surface area contributed by atoms with E-state index in [1.54, 1.807) is 10.6 Å². The molecule has 0 saturated heterocycles. The Kier molecular flexibility index (Phi) is 2.12. The molecule has 0 atom stereocenters. The van der Waals surface area contributed by atoms with Crippen LogP contribution in [-0.2, 0) is 0 Å². The van der Waals surface area contributed by atoms with Gasteiger partial charge < -0.3 is 4.42 Å². The van der Waals surface area contributed by atoms with E-state index in [9.17, 15) is 4.79 Å². The second-order valence-corrected chi connectivity index (χ2v) is 4.77. The van der Waals surface area contributed by atoms with Gasteiger partial charge in [0.15, 0.2) is 11.2 Å². The molecule has 3 heterocycles. The van der Waals surface area contributed by atoms with Crippen LogP contribution in [0.1, 0.15) is 21.1 Å². The lowest BCUT2D eigenvalue weighted by Crippen LogP contribution is -1.77. The van der Waals surface area contributed by atoms with E-state index in [2.05, 4.69) is 9.97 Å². The number of oxazole rings is 1. The van der Waals surface area contributed by atoms with Gasteiger partial charge in [0.1, 0.15) is 11.5 Å². The Morgan fingerprint density at radius 1 is 1.35 bits per heavy atom. The van der Waals surface area contributed by atoms with Crippen LogP contribution in [0.15, 0.2) is 16.8 Å². The molecule has 0 bridgehead atoms. The van der Waals surface area contributed by atoms with E-state index in [0.717, 1.165) is 22.7 Å². The molecule has 3 aromatic heterocycles. The minimum atomic E-state index is 0.517. The first kappa shape index (κ1) is 10.2. The standard InChI is InChI=1S/C11H9N3O2S/c1-6-7(2)16-10(12-6)9-4-14-3-8(5-15)17-11(14)13-9/h3-5H,1-2H3. The number of carbonyl (C=O) groups is 1. The number of rotatable bonds is 2. The van der Waals surface area contributed by atoms with E-state index in [-0.39, 0.29) is 0 Å². The van der Waals surface area contributed by atoms with Crippen LogP contribution < -0.4 is 0 Å². The zero-order valence-electron chi connectivity index (χ0n) is 9.30. The van der Waals surface area contributed by atoms with Crippen molar-refractivity contribution >= 4 is 22.6 Å². The molecule has 6 heteroatoms.